The van der Waals surface area contributed by atoms with Crippen molar-refractivity contribution in [2.24, 2.45) is 16.6 Å². The first kappa shape index (κ1) is 28.5. The van der Waals surface area contributed by atoms with E-state index in [1.807, 2.05) is 54.4 Å². The number of carbonyl (C=O) groups is 1. The van der Waals surface area contributed by atoms with Gasteiger partial charge in [0.25, 0.3) is 0 Å². The maximum absolute atomic E-state index is 13.2. The minimum Gasteiger partial charge on any atom is -0.457 e. The number of fused-ring (bicyclic) bond motifs is 1. The topological polar surface area (TPSA) is 71.2 Å². The summed E-state index contributed by atoms with van der Waals surface area (Å²) >= 11 is 0. The molecule has 0 bridgehead atoms. The Kier molecular flexibility index (Phi) is 10.1. The molecule has 2 aromatic rings. The number of aliphatic imine (C=N–C) groups is 1. The summed E-state index contributed by atoms with van der Waals surface area (Å²) in [6, 6.07) is 16.5. The van der Waals surface area contributed by atoms with Gasteiger partial charge in [-0.15, -0.1) is 17.0 Å². The maximum atomic E-state index is 13.2. The van der Waals surface area contributed by atoms with Gasteiger partial charge < -0.3 is 20.3 Å². The molecule has 1 unspecified atom stereocenters. The predicted octanol–water partition coefficient (Wildman–Crippen LogP) is 7.34. The zero-order valence-electron chi connectivity index (χ0n) is 22.7. The largest absolute Gasteiger partial charge is 0.457 e. The summed E-state index contributed by atoms with van der Waals surface area (Å²) in [7, 11) is 2.01. The smallest absolute Gasteiger partial charge is 0.222 e. The van der Waals surface area contributed by atoms with Crippen LogP contribution in [0.1, 0.15) is 82.6 Å². The van der Waals surface area contributed by atoms with Crippen molar-refractivity contribution in [3.05, 3.63) is 54.1 Å². The molecule has 6 nitrogen and oxygen atoms in total. The number of carbonyl (C=O) groups excluding carboxylic acids is 1. The lowest BCUT2D eigenvalue weighted by Gasteiger charge is -2.41. The van der Waals surface area contributed by atoms with E-state index in [0.717, 1.165) is 42.0 Å². The van der Waals surface area contributed by atoms with Gasteiger partial charge >= 0.3 is 0 Å². The fourth-order valence-electron chi connectivity index (χ4n) is 6.51. The Morgan fingerprint density at radius 2 is 1.68 bits per heavy atom. The van der Waals surface area contributed by atoms with E-state index in [-0.39, 0.29) is 28.9 Å². The van der Waals surface area contributed by atoms with Gasteiger partial charge in [-0.25, -0.2) is 4.99 Å². The fourth-order valence-corrected chi connectivity index (χ4v) is 6.51. The van der Waals surface area contributed by atoms with Crippen molar-refractivity contribution in [2.45, 2.75) is 95.7 Å². The third-order valence-electron chi connectivity index (χ3n) is 8.66. The molecule has 1 amide bonds. The molecule has 2 saturated carbocycles. The molecule has 0 aromatic heterocycles. The van der Waals surface area contributed by atoms with Crippen LogP contribution < -0.4 is 10.5 Å². The first-order chi connectivity index (χ1) is 18.1. The van der Waals surface area contributed by atoms with Gasteiger partial charge in [0, 0.05) is 37.7 Å². The second-order valence-corrected chi connectivity index (χ2v) is 11.1. The Balaban J connectivity index is 0.00000336. The molecule has 7 heteroatoms. The first-order valence-corrected chi connectivity index (χ1v) is 14.3. The van der Waals surface area contributed by atoms with Crippen molar-refractivity contribution in [1.82, 2.24) is 9.80 Å². The number of nitrogens with zero attached hydrogens (tertiary/aromatic N) is 3. The number of halogens is 1. The number of rotatable bonds is 8. The lowest BCUT2D eigenvalue weighted by atomic mass is 9.81. The Morgan fingerprint density at radius 1 is 1.00 bits per heavy atom. The number of hydrogen-bond acceptors (Lipinski definition) is 5. The summed E-state index contributed by atoms with van der Waals surface area (Å²) < 4.78 is 6.10. The predicted molar refractivity (Wildman–Crippen MR) is 159 cm³/mol. The zero-order valence-corrected chi connectivity index (χ0v) is 24.4. The van der Waals surface area contributed by atoms with Gasteiger partial charge in [-0.3, -0.25) is 4.79 Å². The van der Waals surface area contributed by atoms with Crippen molar-refractivity contribution >= 4 is 34.5 Å². The van der Waals surface area contributed by atoms with Crippen molar-refractivity contribution < 1.29 is 9.53 Å². The van der Waals surface area contributed by atoms with E-state index in [0.29, 0.717) is 30.9 Å². The van der Waals surface area contributed by atoms with Gasteiger partial charge in [0.2, 0.25) is 5.91 Å². The Morgan fingerprint density at radius 3 is 2.39 bits per heavy atom. The molecule has 1 heterocycles. The van der Waals surface area contributed by atoms with Crippen LogP contribution in [-0.4, -0.2) is 40.8 Å². The number of benzene rings is 2. The highest BCUT2D eigenvalue weighted by molar-refractivity contribution is 8.93. The molecule has 5 rings (SSSR count). The zero-order chi connectivity index (χ0) is 25.6. The normalized spacial score (nSPS) is 19.1. The standard InChI is InChI=1S/C31H42N4O2.BrH/c1-34(25-13-7-3-8-14-25)30(36)20-19-29(23-11-5-2-6-12-23)35-22-24-21-27(17-18-28(24)33-31(35)32)37-26-15-9-4-10-16-26;/h4,9-10,15-18,21,23,25,29H,2-3,5-8,11-14,19-20,22H2,1H3,(H2,32,33);1H. The van der Waals surface area contributed by atoms with Crippen molar-refractivity contribution in [3.63, 3.8) is 0 Å². The number of para-hydroxylation sites is 1. The molecule has 2 N–H and O–H groups in total. The lowest BCUT2D eigenvalue weighted by molar-refractivity contribution is -0.133. The molecule has 0 radical (unpaired) electrons. The molecular formula is C31H43BrN4O2. The summed E-state index contributed by atoms with van der Waals surface area (Å²) in [6.07, 6.45) is 13.7. The summed E-state index contributed by atoms with van der Waals surface area (Å²) in [6.45, 7) is 0.699. The molecule has 2 aromatic carbocycles. The number of nitrogens with two attached hydrogens (primary N) is 1. The molecule has 38 heavy (non-hydrogen) atoms. The van der Waals surface area contributed by atoms with Crippen molar-refractivity contribution in [1.29, 1.82) is 0 Å². The first-order valence-electron chi connectivity index (χ1n) is 14.3. The summed E-state index contributed by atoms with van der Waals surface area (Å²) in [4.78, 5) is 22.3. The monoisotopic (exact) mass is 582 g/mol. The number of amides is 1. The molecular weight excluding hydrogens is 540 g/mol. The molecule has 0 saturated heterocycles. The quantitative estimate of drug-likeness (QED) is 0.353. The van der Waals surface area contributed by atoms with Crippen LogP contribution in [0, 0.1) is 5.92 Å². The van der Waals surface area contributed by atoms with E-state index < -0.39 is 0 Å². The van der Waals surface area contributed by atoms with Crippen LogP contribution in [0.4, 0.5) is 5.69 Å². The molecule has 2 aliphatic carbocycles. The third kappa shape index (κ3) is 6.90. The van der Waals surface area contributed by atoms with E-state index in [9.17, 15) is 4.79 Å². The number of guanidine groups is 1. The van der Waals surface area contributed by atoms with E-state index in [1.54, 1.807) is 0 Å². The molecule has 0 spiro atoms. The van der Waals surface area contributed by atoms with Gasteiger partial charge in [0.05, 0.1) is 5.69 Å². The Hall–Kier alpha value is -2.54. The van der Waals surface area contributed by atoms with Crippen LogP contribution in [0.5, 0.6) is 11.5 Å². The van der Waals surface area contributed by atoms with Crippen LogP contribution in [0.25, 0.3) is 0 Å². The van der Waals surface area contributed by atoms with Crippen LogP contribution in [0.15, 0.2) is 53.5 Å². The Labute approximate surface area is 238 Å². The van der Waals surface area contributed by atoms with Crippen LogP contribution >= 0.6 is 17.0 Å². The fraction of sp³-hybridized carbons (Fsp3) is 0.548. The summed E-state index contributed by atoms with van der Waals surface area (Å²) in [5.41, 5.74) is 8.62. The Bertz CT molecular complexity index is 1080. The van der Waals surface area contributed by atoms with E-state index in [1.165, 1.54) is 51.4 Å². The van der Waals surface area contributed by atoms with E-state index in [2.05, 4.69) is 11.0 Å². The average Bonchev–Trinajstić information content (AvgIpc) is 2.94. The van der Waals surface area contributed by atoms with Crippen LogP contribution in [0.3, 0.4) is 0 Å². The van der Waals surface area contributed by atoms with E-state index >= 15 is 0 Å². The van der Waals surface area contributed by atoms with Gasteiger partial charge in [0.15, 0.2) is 5.96 Å². The van der Waals surface area contributed by atoms with E-state index in [4.69, 9.17) is 15.5 Å². The second-order valence-electron chi connectivity index (χ2n) is 11.1. The number of ether oxygens (including phenoxy) is 1. The maximum Gasteiger partial charge on any atom is 0.222 e. The summed E-state index contributed by atoms with van der Waals surface area (Å²) in [5, 5.41) is 0. The third-order valence-corrected chi connectivity index (χ3v) is 8.66. The lowest BCUT2D eigenvalue weighted by Crippen LogP contribution is -2.49. The van der Waals surface area contributed by atoms with Gasteiger partial charge in [0.1, 0.15) is 11.5 Å². The molecule has 2 fully saturated rings. The highest BCUT2D eigenvalue weighted by atomic mass is 79.9. The van der Waals surface area contributed by atoms with Crippen LogP contribution in [0.2, 0.25) is 0 Å². The average molecular weight is 584 g/mol. The number of hydrogen-bond donors (Lipinski definition) is 1. The van der Waals surface area contributed by atoms with Crippen molar-refractivity contribution in [3.8, 4) is 11.5 Å². The van der Waals surface area contributed by atoms with Gasteiger partial charge in [-0.05, 0) is 68.4 Å². The molecule has 1 aliphatic heterocycles. The SMILES string of the molecule is Br.CN(C(=O)CCC(C1CCCCC1)N1Cc2cc(Oc3ccccc3)ccc2N=C1N)C1CCCCC1. The molecule has 206 valence electrons. The second kappa shape index (κ2) is 13.5. The minimum atomic E-state index is 0. The molecule has 1 atom stereocenters. The van der Waals surface area contributed by atoms with Gasteiger partial charge in [-0.1, -0.05) is 56.7 Å². The van der Waals surface area contributed by atoms with Crippen LogP contribution in [-0.2, 0) is 11.3 Å². The summed E-state index contributed by atoms with van der Waals surface area (Å²) in [5.74, 6) is 3.02. The highest BCUT2D eigenvalue weighted by Gasteiger charge is 2.33. The highest BCUT2D eigenvalue weighted by Crippen LogP contribution is 2.37. The van der Waals surface area contributed by atoms with Crippen molar-refractivity contribution in [2.75, 3.05) is 7.05 Å². The molecule has 3 aliphatic rings. The van der Waals surface area contributed by atoms with Gasteiger partial charge in [-0.2, -0.15) is 0 Å². The minimum absolute atomic E-state index is 0.